The summed E-state index contributed by atoms with van der Waals surface area (Å²) in [5, 5.41) is 2.99. The maximum atomic E-state index is 12.8. The Kier molecular flexibility index (Phi) is 7.11. The van der Waals surface area contributed by atoms with Crippen LogP contribution in [0.15, 0.2) is 16.7 Å². The molecule has 0 saturated carbocycles. The van der Waals surface area contributed by atoms with E-state index in [1.54, 1.807) is 13.2 Å². The van der Waals surface area contributed by atoms with Gasteiger partial charge in [-0.3, -0.25) is 4.79 Å². The molecule has 1 heterocycles. The van der Waals surface area contributed by atoms with Gasteiger partial charge in [-0.25, -0.2) is 4.98 Å². The fourth-order valence-corrected chi connectivity index (χ4v) is 2.34. The Labute approximate surface area is 135 Å². The van der Waals surface area contributed by atoms with Crippen molar-refractivity contribution in [1.29, 1.82) is 0 Å². The van der Waals surface area contributed by atoms with Crippen molar-refractivity contribution in [3.63, 3.8) is 0 Å². The molecule has 0 spiro atoms. The minimum absolute atomic E-state index is 0.0173. The second kappa shape index (κ2) is 8.34. The standard InChI is InChI=1S/C15H25BrN4O/c1-11(2)10-20(7-6-19(4)5)15(21)13-8-12(16)9-18-14(13)17-3/h8-9,11H,6-7,10H2,1-5H3,(H,17,18). The average Bonchev–Trinajstić information content (AvgIpc) is 2.42. The monoisotopic (exact) mass is 356 g/mol. The Morgan fingerprint density at radius 3 is 2.57 bits per heavy atom. The van der Waals surface area contributed by atoms with E-state index in [0.29, 0.717) is 23.8 Å². The van der Waals surface area contributed by atoms with Crippen molar-refractivity contribution in [2.75, 3.05) is 46.1 Å². The van der Waals surface area contributed by atoms with Crippen LogP contribution in [-0.2, 0) is 0 Å². The van der Waals surface area contributed by atoms with Crippen molar-refractivity contribution in [2.24, 2.45) is 5.92 Å². The molecule has 0 aliphatic heterocycles. The van der Waals surface area contributed by atoms with Crippen molar-refractivity contribution >= 4 is 27.7 Å². The first-order valence-electron chi connectivity index (χ1n) is 7.12. The normalized spacial score (nSPS) is 11.0. The molecule has 0 saturated heterocycles. The molecule has 0 fully saturated rings. The van der Waals surface area contributed by atoms with Crippen LogP contribution in [0.4, 0.5) is 5.82 Å². The highest BCUT2D eigenvalue weighted by atomic mass is 79.9. The minimum Gasteiger partial charge on any atom is -0.372 e. The lowest BCUT2D eigenvalue weighted by atomic mass is 10.1. The number of likely N-dealkylation sites (N-methyl/N-ethyl adjacent to an activating group) is 1. The van der Waals surface area contributed by atoms with Crippen LogP contribution in [0.1, 0.15) is 24.2 Å². The summed E-state index contributed by atoms with van der Waals surface area (Å²) in [5.41, 5.74) is 0.603. The highest BCUT2D eigenvalue weighted by Crippen LogP contribution is 2.20. The van der Waals surface area contributed by atoms with E-state index in [1.807, 2.05) is 25.1 Å². The van der Waals surface area contributed by atoms with E-state index in [-0.39, 0.29) is 5.91 Å². The van der Waals surface area contributed by atoms with Gasteiger partial charge in [0.1, 0.15) is 5.82 Å². The minimum atomic E-state index is 0.0173. The number of rotatable bonds is 7. The van der Waals surface area contributed by atoms with Crippen LogP contribution in [0.2, 0.25) is 0 Å². The predicted molar refractivity (Wildman–Crippen MR) is 90.8 cm³/mol. The molecule has 0 unspecified atom stereocenters. The summed E-state index contributed by atoms with van der Waals surface area (Å²) < 4.78 is 0.807. The molecule has 0 aliphatic rings. The first-order chi connectivity index (χ1) is 9.85. The Hall–Kier alpha value is -1.14. The molecule has 1 amide bonds. The number of carbonyl (C=O) groups excluding carboxylic acids is 1. The van der Waals surface area contributed by atoms with Crippen LogP contribution in [-0.4, -0.2) is 61.5 Å². The van der Waals surface area contributed by atoms with Crippen LogP contribution in [0.25, 0.3) is 0 Å². The summed E-state index contributed by atoms with van der Waals surface area (Å²) in [6.07, 6.45) is 1.69. The molecule has 1 rings (SSSR count). The number of halogens is 1. The topological polar surface area (TPSA) is 48.5 Å². The number of pyridine rings is 1. The second-order valence-electron chi connectivity index (χ2n) is 5.75. The largest absolute Gasteiger partial charge is 0.372 e. The van der Waals surface area contributed by atoms with Gasteiger partial charge >= 0.3 is 0 Å². The lowest BCUT2D eigenvalue weighted by molar-refractivity contribution is 0.0725. The summed E-state index contributed by atoms with van der Waals surface area (Å²) in [7, 11) is 5.80. The SMILES string of the molecule is CNc1ncc(Br)cc1C(=O)N(CCN(C)C)CC(C)C. The maximum absolute atomic E-state index is 12.8. The van der Waals surface area contributed by atoms with Crippen LogP contribution in [0.5, 0.6) is 0 Å². The van der Waals surface area contributed by atoms with E-state index >= 15 is 0 Å². The van der Waals surface area contributed by atoms with Gasteiger partial charge < -0.3 is 15.1 Å². The molecular weight excluding hydrogens is 332 g/mol. The molecule has 0 aromatic carbocycles. The molecule has 1 aromatic rings. The van der Waals surface area contributed by atoms with Gasteiger partial charge in [0, 0.05) is 37.4 Å². The third-order valence-corrected chi connectivity index (χ3v) is 3.45. The van der Waals surface area contributed by atoms with Crippen molar-refractivity contribution in [3.05, 3.63) is 22.3 Å². The van der Waals surface area contributed by atoms with Crippen LogP contribution in [0.3, 0.4) is 0 Å². The molecule has 0 atom stereocenters. The van der Waals surface area contributed by atoms with Gasteiger partial charge in [-0.2, -0.15) is 0 Å². The lowest BCUT2D eigenvalue weighted by Crippen LogP contribution is -2.39. The smallest absolute Gasteiger partial charge is 0.257 e. The number of nitrogens with zero attached hydrogens (tertiary/aromatic N) is 3. The number of anilines is 1. The van der Waals surface area contributed by atoms with Crippen LogP contribution in [0, 0.1) is 5.92 Å². The van der Waals surface area contributed by atoms with Crippen molar-refractivity contribution in [1.82, 2.24) is 14.8 Å². The second-order valence-corrected chi connectivity index (χ2v) is 6.66. The molecule has 0 aliphatic carbocycles. The van der Waals surface area contributed by atoms with Crippen molar-refractivity contribution < 1.29 is 4.79 Å². The van der Waals surface area contributed by atoms with Gasteiger partial charge in [-0.05, 0) is 42.0 Å². The number of hydrogen-bond donors (Lipinski definition) is 1. The molecule has 0 radical (unpaired) electrons. The summed E-state index contributed by atoms with van der Waals surface area (Å²) in [6, 6.07) is 1.82. The Morgan fingerprint density at radius 1 is 1.38 bits per heavy atom. The fraction of sp³-hybridized carbons (Fsp3) is 0.600. The van der Waals surface area contributed by atoms with E-state index in [2.05, 4.69) is 45.0 Å². The summed E-state index contributed by atoms with van der Waals surface area (Å²) in [4.78, 5) is 21.1. The molecule has 5 nitrogen and oxygen atoms in total. The van der Waals surface area contributed by atoms with E-state index in [4.69, 9.17) is 0 Å². The van der Waals surface area contributed by atoms with Crippen molar-refractivity contribution in [2.45, 2.75) is 13.8 Å². The Balaban J connectivity index is 3.00. The molecular formula is C15H25BrN4O. The Bertz CT molecular complexity index is 477. The van der Waals surface area contributed by atoms with E-state index in [0.717, 1.165) is 17.6 Å². The Morgan fingerprint density at radius 2 is 2.05 bits per heavy atom. The molecule has 21 heavy (non-hydrogen) atoms. The first-order valence-corrected chi connectivity index (χ1v) is 7.91. The summed E-state index contributed by atoms with van der Waals surface area (Å²) >= 11 is 3.39. The quantitative estimate of drug-likeness (QED) is 0.815. The number of nitrogens with one attached hydrogen (secondary N) is 1. The zero-order valence-corrected chi connectivity index (χ0v) is 15.1. The molecule has 1 aromatic heterocycles. The summed E-state index contributed by atoms with van der Waals surface area (Å²) in [6.45, 7) is 6.53. The third-order valence-electron chi connectivity index (χ3n) is 3.01. The van der Waals surface area contributed by atoms with E-state index < -0.39 is 0 Å². The van der Waals surface area contributed by atoms with Gasteiger partial charge in [0.05, 0.1) is 5.56 Å². The zero-order chi connectivity index (χ0) is 16.0. The molecule has 118 valence electrons. The van der Waals surface area contributed by atoms with Crippen molar-refractivity contribution in [3.8, 4) is 0 Å². The molecule has 6 heteroatoms. The first kappa shape index (κ1) is 17.9. The van der Waals surface area contributed by atoms with Crippen LogP contribution >= 0.6 is 15.9 Å². The molecule has 0 bridgehead atoms. The van der Waals surface area contributed by atoms with Gasteiger partial charge in [0.15, 0.2) is 0 Å². The predicted octanol–water partition coefficient (Wildman–Crippen LogP) is 2.55. The number of hydrogen-bond acceptors (Lipinski definition) is 4. The highest BCUT2D eigenvalue weighted by molar-refractivity contribution is 9.10. The number of amides is 1. The number of carbonyl (C=O) groups is 1. The van der Waals surface area contributed by atoms with Gasteiger partial charge in [0.25, 0.3) is 5.91 Å². The molecule has 1 N–H and O–H groups in total. The fourth-order valence-electron chi connectivity index (χ4n) is 2.01. The summed E-state index contributed by atoms with van der Waals surface area (Å²) in [5.74, 6) is 1.06. The highest BCUT2D eigenvalue weighted by Gasteiger charge is 2.20. The van der Waals surface area contributed by atoms with Gasteiger partial charge in [0.2, 0.25) is 0 Å². The van der Waals surface area contributed by atoms with E-state index in [9.17, 15) is 4.79 Å². The maximum Gasteiger partial charge on any atom is 0.257 e. The van der Waals surface area contributed by atoms with Gasteiger partial charge in [-0.1, -0.05) is 13.8 Å². The van der Waals surface area contributed by atoms with Gasteiger partial charge in [-0.15, -0.1) is 0 Å². The average molecular weight is 357 g/mol. The van der Waals surface area contributed by atoms with E-state index in [1.165, 1.54) is 0 Å². The number of aromatic nitrogens is 1. The zero-order valence-electron chi connectivity index (χ0n) is 13.5. The lowest BCUT2D eigenvalue weighted by Gasteiger charge is -2.26. The third kappa shape index (κ3) is 5.63. The van der Waals surface area contributed by atoms with Crippen LogP contribution < -0.4 is 5.32 Å².